The monoisotopic (exact) mass is 509 g/mol. The van der Waals surface area contributed by atoms with Crippen LogP contribution < -0.4 is 21.3 Å². The summed E-state index contributed by atoms with van der Waals surface area (Å²) < 4.78 is 0. The Hall–Kier alpha value is -4.41. The van der Waals surface area contributed by atoms with E-state index in [-0.39, 0.29) is 22.2 Å². The van der Waals surface area contributed by atoms with Crippen molar-refractivity contribution in [2.24, 2.45) is 0 Å². The summed E-state index contributed by atoms with van der Waals surface area (Å²) in [6.07, 6.45) is 1.13. The van der Waals surface area contributed by atoms with Gasteiger partial charge in [-0.25, -0.2) is 9.97 Å². The molecule has 0 aliphatic rings. The van der Waals surface area contributed by atoms with Gasteiger partial charge in [-0.05, 0) is 42.5 Å². The summed E-state index contributed by atoms with van der Waals surface area (Å²) in [5.41, 5.74) is 8.91. The van der Waals surface area contributed by atoms with Crippen molar-refractivity contribution in [1.82, 2.24) is 15.4 Å². The van der Waals surface area contributed by atoms with Crippen molar-refractivity contribution in [1.29, 1.82) is 0 Å². The van der Waals surface area contributed by atoms with Gasteiger partial charge in [-0.15, -0.1) is 0 Å². The lowest BCUT2D eigenvalue weighted by Gasteiger charge is -2.26. The van der Waals surface area contributed by atoms with E-state index >= 15 is 0 Å². The van der Waals surface area contributed by atoms with Gasteiger partial charge in [0.05, 0.1) is 26.9 Å². The number of hydrogen-bond donors (Lipinski definition) is 3. The van der Waals surface area contributed by atoms with Crippen molar-refractivity contribution in [2.45, 2.75) is 0 Å². The van der Waals surface area contributed by atoms with Gasteiger partial charge >= 0.3 is 5.69 Å². The van der Waals surface area contributed by atoms with E-state index in [4.69, 9.17) is 23.2 Å². The van der Waals surface area contributed by atoms with E-state index in [1.165, 1.54) is 18.2 Å². The largest absolute Gasteiger partial charge is 0.356 e. The van der Waals surface area contributed by atoms with Crippen molar-refractivity contribution in [3.63, 3.8) is 0 Å². The fourth-order valence-electron chi connectivity index (χ4n) is 3.12. The Bertz CT molecular complexity index is 1320. The Balaban J connectivity index is 1.63. The normalized spacial score (nSPS) is 10.3. The standard InChI is InChI=1S/C23H17Cl2N7O3/c24-15-11-12-18(19(25)13-15)23(33)29-28-21-20(32(34)35)22(27-14-26-21)30-31(16-7-3-1-4-8-16)17-9-5-2-6-10-17/h1-14H,(H,29,33)(H2,26,27,28,30). The third-order valence-corrected chi connectivity index (χ3v) is 5.27. The molecule has 1 heterocycles. The molecule has 0 fully saturated rings. The van der Waals surface area contributed by atoms with Crippen molar-refractivity contribution in [3.05, 3.63) is 111 Å². The molecule has 35 heavy (non-hydrogen) atoms. The van der Waals surface area contributed by atoms with E-state index in [1.54, 1.807) is 5.01 Å². The number of aromatic nitrogens is 2. The molecule has 12 heteroatoms. The smallest absolute Gasteiger partial charge is 0.276 e. The number of benzene rings is 3. The van der Waals surface area contributed by atoms with Crippen LogP contribution >= 0.6 is 23.2 Å². The van der Waals surface area contributed by atoms with Gasteiger partial charge < -0.3 is 0 Å². The second-order valence-corrected chi connectivity index (χ2v) is 7.84. The highest BCUT2D eigenvalue weighted by Gasteiger charge is 2.26. The number of hydrogen-bond acceptors (Lipinski definition) is 8. The van der Waals surface area contributed by atoms with Crippen LogP contribution in [0.25, 0.3) is 0 Å². The van der Waals surface area contributed by atoms with Crippen LogP contribution in [-0.2, 0) is 0 Å². The van der Waals surface area contributed by atoms with Crippen LogP contribution in [-0.4, -0.2) is 20.8 Å². The second kappa shape index (κ2) is 10.7. The molecule has 3 aromatic carbocycles. The van der Waals surface area contributed by atoms with Gasteiger partial charge in [0, 0.05) is 5.02 Å². The molecule has 0 aliphatic carbocycles. The molecule has 1 amide bonds. The molecule has 1 aromatic heterocycles. The van der Waals surface area contributed by atoms with Crippen molar-refractivity contribution in [2.75, 3.05) is 15.9 Å². The minimum atomic E-state index is -0.653. The zero-order valence-corrected chi connectivity index (χ0v) is 19.4. The predicted octanol–water partition coefficient (Wildman–Crippen LogP) is 5.61. The van der Waals surface area contributed by atoms with Crippen LogP contribution in [0.15, 0.2) is 85.2 Å². The maximum absolute atomic E-state index is 12.5. The number of rotatable bonds is 8. The summed E-state index contributed by atoms with van der Waals surface area (Å²) in [5.74, 6) is -0.963. The maximum Gasteiger partial charge on any atom is 0.356 e. The van der Waals surface area contributed by atoms with Crippen LogP contribution in [0.1, 0.15) is 10.4 Å². The quantitative estimate of drug-likeness (QED) is 0.206. The zero-order valence-electron chi connectivity index (χ0n) is 17.9. The van der Waals surface area contributed by atoms with Crippen LogP contribution in [0.4, 0.5) is 28.7 Å². The number of amides is 1. The number of nitrogens with zero attached hydrogens (tertiary/aromatic N) is 4. The molecular formula is C23H17Cl2N7O3. The van der Waals surface area contributed by atoms with Gasteiger partial charge in [-0.3, -0.25) is 36.2 Å². The van der Waals surface area contributed by atoms with E-state index in [9.17, 15) is 14.9 Å². The van der Waals surface area contributed by atoms with Gasteiger partial charge in [0.15, 0.2) is 0 Å². The summed E-state index contributed by atoms with van der Waals surface area (Å²) in [6.45, 7) is 0. The van der Waals surface area contributed by atoms with E-state index in [0.29, 0.717) is 16.4 Å². The number of carbonyl (C=O) groups excluding carboxylic acids is 1. The zero-order chi connectivity index (χ0) is 24.8. The minimum Gasteiger partial charge on any atom is -0.276 e. The number of carbonyl (C=O) groups is 1. The average Bonchev–Trinajstić information content (AvgIpc) is 2.86. The molecule has 0 aliphatic heterocycles. The number of halogens is 2. The molecule has 3 N–H and O–H groups in total. The fourth-order valence-corrected chi connectivity index (χ4v) is 3.61. The van der Waals surface area contributed by atoms with Gasteiger partial charge in [0.1, 0.15) is 6.33 Å². The lowest BCUT2D eigenvalue weighted by molar-refractivity contribution is -0.383. The molecule has 0 spiro atoms. The van der Waals surface area contributed by atoms with Gasteiger partial charge in [0.2, 0.25) is 11.6 Å². The maximum atomic E-state index is 12.5. The van der Waals surface area contributed by atoms with E-state index in [0.717, 1.165) is 6.33 Å². The molecular weight excluding hydrogens is 493 g/mol. The molecule has 0 radical (unpaired) electrons. The summed E-state index contributed by atoms with van der Waals surface area (Å²) in [5, 5.41) is 14.1. The molecule has 4 rings (SSSR count). The molecule has 0 unspecified atom stereocenters. The Morgan fingerprint density at radius 3 is 2.06 bits per heavy atom. The van der Waals surface area contributed by atoms with Crippen LogP contribution in [0.3, 0.4) is 0 Å². The Morgan fingerprint density at radius 2 is 1.49 bits per heavy atom. The molecule has 0 saturated heterocycles. The van der Waals surface area contributed by atoms with E-state index in [2.05, 4.69) is 26.2 Å². The molecule has 10 nitrogen and oxygen atoms in total. The third kappa shape index (κ3) is 5.57. The van der Waals surface area contributed by atoms with Crippen LogP contribution in [0, 0.1) is 10.1 Å². The molecule has 0 atom stereocenters. The van der Waals surface area contributed by atoms with Crippen molar-refractivity contribution in [3.8, 4) is 0 Å². The highest BCUT2D eigenvalue weighted by Crippen LogP contribution is 2.32. The number of hydrazine groups is 2. The Kier molecular flexibility index (Phi) is 7.24. The summed E-state index contributed by atoms with van der Waals surface area (Å²) >= 11 is 11.9. The Labute approximate surface area is 209 Å². The number of nitrogens with one attached hydrogen (secondary N) is 3. The van der Waals surface area contributed by atoms with Gasteiger partial charge in [-0.1, -0.05) is 59.6 Å². The first-order valence-electron chi connectivity index (χ1n) is 10.1. The third-order valence-electron chi connectivity index (χ3n) is 4.72. The average molecular weight is 510 g/mol. The SMILES string of the molecule is O=C(NNc1ncnc(NN(c2ccccc2)c2ccccc2)c1[N+](=O)[O-])c1ccc(Cl)cc1Cl. The van der Waals surface area contributed by atoms with Gasteiger partial charge in [-0.2, -0.15) is 0 Å². The minimum absolute atomic E-state index is 0.0982. The lowest BCUT2D eigenvalue weighted by Crippen LogP contribution is -2.31. The first kappa shape index (κ1) is 23.7. The molecule has 0 bridgehead atoms. The van der Waals surface area contributed by atoms with Gasteiger partial charge in [0.25, 0.3) is 5.91 Å². The first-order valence-corrected chi connectivity index (χ1v) is 10.9. The van der Waals surface area contributed by atoms with Crippen molar-refractivity contribution >= 4 is 57.8 Å². The highest BCUT2D eigenvalue weighted by molar-refractivity contribution is 6.36. The topological polar surface area (TPSA) is 125 Å². The number of nitro groups is 1. The number of para-hydroxylation sites is 2. The lowest BCUT2D eigenvalue weighted by atomic mass is 10.2. The van der Waals surface area contributed by atoms with E-state index in [1.807, 2.05) is 60.7 Å². The molecule has 0 saturated carbocycles. The first-order chi connectivity index (χ1) is 16.9. The summed E-state index contributed by atoms with van der Waals surface area (Å²) in [7, 11) is 0. The second-order valence-electron chi connectivity index (χ2n) is 7.00. The number of anilines is 4. The molecule has 4 aromatic rings. The fraction of sp³-hybridized carbons (Fsp3) is 0. The van der Waals surface area contributed by atoms with E-state index < -0.39 is 16.5 Å². The highest BCUT2D eigenvalue weighted by atomic mass is 35.5. The molecule has 176 valence electrons. The summed E-state index contributed by atoms with van der Waals surface area (Å²) in [4.78, 5) is 31.8. The van der Waals surface area contributed by atoms with Crippen LogP contribution in [0.5, 0.6) is 0 Å². The Morgan fingerprint density at radius 1 is 0.886 bits per heavy atom. The summed E-state index contributed by atoms with van der Waals surface area (Å²) in [6, 6.07) is 22.8. The van der Waals surface area contributed by atoms with Crippen LogP contribution in [0.2, 0.25) is 10.0 Å². The van der Waals surface area contributed by atoms with Crippen molar-refractivity contribution < 1.29 is 9.72 Å². The predicted molar refractivity (Wildman–Crippen MR) is 135 cm³/mol.